The molecule has 1 aliphatic carbocycles. The number of aromatic nitrogens is 3. The van der Waals surface area contributed by atoms with Gasteiger partial charge in [0.05, 0.1) is 12.8 Å². The molecule has 0 aromatic carbocycles. The van der Waals surface area contributed by atoms with Gasteiger partial charge in [-0.05, 0) is 43.4 Å². The average molecular weight is 328 g/mol. The normalized spacial score (nSPS) is 14.1. The van der Waals surface area contributed by atoms with Gasteiger partial charge in [0.15, 0.2) is 0 Å². The van der Waals surface area contributed by atoms with Crippen molar-refractivity contribution >= 4 is 5.91 Å². The number of carbonyl (C=O) groups is 1. The Morgan fingerprint density at radius 3 is 3.04 bits per heavy atom. The number of hydrogen-bond donors (Lipinski definition) is 1. The zero-order chi connectivity index (χ0) is 17.1. The summed E-state index contributed by atoms with van der Waals surface area (Å²) in [6, 6.07) is 4.50. The van der Waals surface area contributed by atoms with Gasteiger partial charge < -0.3 is 10.1 Å². The van der Waals surface area contributed by atoms with E-state index in [-0.39, 0.29) is 11.5 Å². The van der Waals surface area contributed by atoms with Gasteiger partial charge in [0, 0.05) is 24.9 Å². The summed E-state index contributed by atoms with van der Waals surface area (Å²) >= 11 is 0. The maximum Gasteiger partial charge on any atom is 0.267 e. The monoisotopic (exact) mass is 328 g/mol. The third kappa shape index (κ3) is 3.29. The molecule has 0 spiro atoms. The second kappa shape index (κ2) is 6.82. The number of ether oxygens (including phenoxy) is 1. The molecular formula is C17H20N4O3. The van der Waals surface area contributed by atoms with Gasteiger partial charge in [0.25, 0.3) is 5.56 Å². The summed E-state index contributed by atoms with van der Waals surface area (Å²) in [7, 11) is 1.54. The van der Waals surface area contributed by atoms with Gasteiger partial charge in [-0.15, -0.1) is 0 Å². The number of methoxy groups -OCH3 is 1. The van der Waals surface area contributed by atoms with E-state index < -0.39 is 6.04 Å². The van der Waals surface area contributed by atoms with Crippen molar-refractivity contribution in [2.45, 2.75) is 38.8 Å². The molecule has 1 unspecified atom stereocenters. The molecule has 0 bridgehead atoms. The Morgan fingerprint density at radius 1 is 1.42 bits per heavy atom. The van der Waals surface area contributed by atoms with E-state index in [1.165, 1.54) is 4.68 Å². The van der Waals surface area contributed by atoms with E-state index in [0.29, 0.717) is 12.4 Å². The third-order valence-electron chi connectivity index (χ3n) is 4.20. The highest BCUT2D eigenvalue weighted by Crippen LogP contribution is 2.18. The highest BCUT2D eigenvalue weighted by atomic mass is 16.5. The lowest BCUT2D eigenvalue weighted by Crippen LogP contribution is -2.37. The molecule has 2 aromatic rings. The smallest absolute Gasteiger partial charge is 0.267 e. The number of amides is 1. The number of fused-ring (bicyclic) bond motifs is 1. The van der Waals surface area contributed by atoms with E-state index in [9.17, 15) is 9.59 Å². The summed E-state index contributed by atoms with van der Waals surface area (Å²) in [6.07, 6.45) is 4.39. The highest BCUT2D eigenvalue weighted by Gasteiger charge is 2.21. The molecule has 3 rings (SSSR count). The molecule has 1 aliphatic rings. The van der Waals surface area contributed by atoms with Gasteiger partial charge in [-0.1, -0.05) is 0 Å². The van der Waals surface area contributed by atoms with Crippen LogP contribution in [0.3, 0.4) is 0 Å². The van der Waals surface area contributed by atoms with Crippen LogP contribution in [0.5, 0.6) is 5.88 Å². The van der Waals surface area contributed by atoms with Gasteiger partial charge in [0.1, 0.15) is 6.04 Å². The van der Waals surface area contributed by atoms with Crippen molar-refractivity contribution in [3.8, 4) is 5.88 Å². The third-order valence-corrected chi connectivity index (χ3v) is 4.20. The summed E-state index contributed by atoms with van der Waals surface area (Å²) < 4.78 is 6.33. The van der Waals surface area contributed by atoms with Gasteiger partial charge in [-0.3, -0.25) is 9.59 Å². The highest BCUT2D eigenvalue weighted by molar-refractivity contribution is 5.79. The van der Waals surface area contributed by atoms with Crippen LogP contribution in [0, 0.1) is 0 Å². The van der Waals surface area contributed by atoms with Crippen molar-refractivity contribution in [2.24, 2.45) is 0 Å². The lowest BCUT2D eigenvalue weighted by Gasteiger charge is -2.15. The first-order chi connectivity index (χ1) is 11.6. The Kier molecular flexibility index (Phi) is 4.59. The van der Waals surface area contributed by atoms with Crippen molar-refractivity contribution < 1.29 is 9.53 Å². The molecule has 1 N–H and O–H groups in total. The predicted molar refractivity (Wildman–Crippen MR) is 87.9 cm³/mol. The van der Waals surface area contributed by atoms with Crippen molar-refractivity contribution in [3.05, 3.63) is 51.6 Å². The van der Waals surface area contributed by atoms with E-state index in [2.05, 4.69) is 15.4 Å². The minimum absolute atomic E-state index is 0.233. The van der Waals surface area contributed by atoms with E-state index in [1.54, 1.807) is 38.4 Å². The molecule has 126 valence electrons. The summed E-state index contributed by atoms with van der Waals surface area (Å²) in [5, 5.41) is 7.19. The maximum absolute atomic E-state index is 12.4. The Hall–Kier alpha value is -2.70. The first-order valence-corrected chi connectivity index (χ1v) is 7.96. The van der Waals surface area contributed by atoms with Crippen molar-refractivity contribution in [2.75, 3.05) is 7.11 Å². The summed E-state index contributed by atoms with van der Waals surface area (Å²) in [5.74, 6) is 0.240. The van der Waals surface area contributed by atoms with Gasteiger partial charge >= 0.3 is 0 Å². The lowest BCUT2D eigenvalue weighted by molar-refractivity contribution is -0.124. The fourth-order valence-corrected chi connectivity index (χ4v) is 2.81. The molecule has 2 aromatic heterocycles. The molecule has 0 fully saturated rings. The zero-order valence-electron chi connectivity index (χ0n) is 13.8. The fraction of sp³-hybridized carbons (Fsp3) is 0.412. The molecule has 0 saturated heterocycles. The van der Waals surface area contributed by atoms with Gasteiger partial charge in [0.2, 0.25) is 11.8 Å². The quantitative estimate of drug-likeness (QED) is 0.885. The van der Waals surface area contributed by atoms with Crippen LogP contribution in [0.2, 0.25) is 0 Å². The topological polar surface area (TPSA) is 86.1 Å². The first-order valence-electron chi connectivity index (χ1n) is 7.96. The number of carbonyl (C=O) groups excluding carboxylic acids is 1. The number of aryl methyl sites for hydroxylation is 2. The number of nitrogens with zero attached hydrogens (tertiary/aromatic N) is 3. The largest absolute Gasteiger partial charge is 0.481 e. The Morgan fingerprint density at radius 2 is 2.25 bits per heavy atom. The molecule has 1 atom stereocenters. The molecule has 2 heterocycles. The van der Waals surface area contributed by atoms with E-state index in [1.807, 2.05) is 0 Å². The van der Waals surface area contributed by atoms with Crippen molar-refractivity contribution in [3.63, 3.8) is 0 Å². The molecular weight excluding hydrogens is 308 g/mol. The summed E-state index contributed by atoms with van der Waals surface area (Å²) in [4.78, 5) is 28.6. The minimum Gasteiger partial charge on any atom is -0.481 e. The van der Waals surface area contributed by atoms with Crippen LogP contribution < -0.4 is 15.6 Å². The van der Waals surface area contributed by atoms with E-state index in [4.69, 9.17) is 4.74 Å². The molecule has 0 saturated carbocycles. The van der Waals surface area contributed by atoms with Crippen LogP contribution in [-0.2, 0) is 24.2 Å². The average Bonchev–Trinajstić information content (AvgIpc) is 3.05. The SMILES string of the molecule is COc1cc(CNC(=O)C(C)n2nc3c(cc2=O)CCC3)ccn1. The molecule has 7 nitrogen and oxygen atoms in total. The minimum atomic E-state index is -0.660. The Bertz CT molecular complexity index is 816. The molecule has 1 amide bonds. The number of pyridine rings is 1. The van der Waals surface area contributed by atoms with Crippen molar-refractivity contribution in [1.82, 2.24) is 20.1 Å². The number of nitrogens with one attached hydrogen (secondary N) is 1. The number of hydrogen-bond acceptors (Lipinski definition) is 5. The fourth-order valence-electron chi connectivity index (χ4n) is 2.81. The molecule has 0 aliphatic heterocycles. The van der Waals surface area contributed by atoms with E-state index in [0.717, 1.165) is 36.1 Å². The van der Waals surface area contributed by atoms with E-state index >= 15 is 0 Å². The maximum atomic E-state index is 12.4. The zero-order valence-corrected chi connectivity index (χ0v) is 13.8. The van der Waals surface area contributed by atoms with Crippen molar-refractivity contribution in [1.29, 1.82) is 0 Å². The standard InChI is InChI=1S/C17H20N4O3/c1-11(21-16(22)9-13-4-3-5-14(13)20-21)17(23)19-10-12-6-7-18-15(8-12)24-2/h6-9,11H,3-5,10H2,1-2H3,(H,19,23). The molecule has 7 heteroatoms. The predicted octanol–water partition coefficient (Wildman–Crippen LogP) is 1.01. The molecule has 24 heavy (non-hydrogen) atoms. The second-order valence-electron chi connectivity index (χ2n) is 5.85. The summed E-state index contributed by atoms with van der Waals surface area (Å²) in [6.45, 7) is 2.01. The Labute approximate surface area is 139 Å². The van der Waals surface area contributed by atoms with Crippen LogP contribution in [0.15, 0.2) is 29.2 Å². The first kappa shape index (κ1) is 16.2. The van der Waals surface area contributed by atoms with Crippen LogP contribution in [0.25, 0.3) is 0 Å². The molecule has 0 radical (unpaired) electrons. The number of rotatable bonds is 5. The van der Waals surface area contributed by atoms with Crippen LogP contribution in [0.1, 0.15) is 36.2 Å². The van der Waals surface area contributed by atoms with Gasteiger partial charge in [-0.25, -0.2) is 9.67 Å². The second-order valence-corrected chi connectivity index (χ2v) is 5.85. The summed E-state index contributed by atoms with van der Waals surface area (Å²) in [5.41, 5.74) is 2.57. The van der Waals surface area contributed by atoms with Crippen LogP contribution in [0.4, 0.5) is 0 Å². The van der Waals surface area contributed by atoms with Gasteiger partial charge in [-0.2, -0.15) is 5.10 Å². The lowest BCUT2D eigenvalue weighted by atomic mass is 10.2. The van der Waals surface area contributed by atoms with Crippen LogP contribution >= 0.6 is 0 Å². The Balaban J connectivity index is 1.70. The van der Waals surface area contributed by atoms with Crippen LogP contribution in [-0.4, -0.2) is 27.8 Å².